The van der Waals surface area contributed by atoms with Crippen molar-refractivity contribution in [3.63, 3.8) is 0 Å². The number of allylic oxidation sites excluding steroid dienone is 6. The zero-order valence-corrected chi connectivity index (χ0v) is 20.2. The van der Waals surface area contributed by atoms with E-state index in [-0.39, 0.29) is 13.2 Å². The molecule has 2 N–H and O–H groups in total. The molecule has 0 fully saturated rings. The van der Waals surface area contributed by atoms with E-state index < -0.39 is 15.6 Å². The molecule has 2 atom stereocenters. The molecule has 0 rings (SSSR count). The summed E-state index contributed by atoms with van der Waals surface area (Å²) in [7, 11) is -9.45. The summed E-state index contributed by atoms with van der Waals surface area (Å²) in [5.74, 6) is 0. The summed E-state index contributed by atoms with van der Waals surface area (Å²) in [6.07, 6.45) is 10.7. The Morgan fingerprint density at radius 1 is 0.690 bits per heavy atom. The lowest BCUT2D eigenvalue weighted by Gasteiger charge is -2.15. The molecule has 0 aromatic heterocycles. The van der Waals surface area contributed by atoms with Gasteiger partial charge in [-0.1, -0.05) is 46.6 Å². The Bertz CT molecular complexity index is 652. The molecular formula is C20H36O7P2. The Kier molecular flexibility index (Phi) is 13.9. The first-order valence-electron chi connectivity index (χ1n) is 9.57. The van der Waals surface area contributed by atoms with Crippen LogP contribution in [0.15, 0.2) is 46.6 Å². The number of hydrogen-bond donors (Lipinski definition) is 2. The summed E-state index contributed by atoms with van der Waals surface area (Å²) in [5.41, 5.74) is 4.39. The number of hydrogen-bond acceptors (Lipinski definition) is 5. The number of phosphoric acid groups is 2. The average Bonchev–Trinajstić information content (AvgIpc) is 2.52. The second kappa shape index (κ2) is 14.3. The second-order valence-corrected chi connectivity index (χ2v) is 10.4. The van der Waals surface area contributed by atoms with Crippen LogP contribution in [0.2, 0.25) is 0 Å². The fourth-order valence-electron chi connectivity index (χ4n) is 2.11. The van der Waals surface area contributed by atoms with E-state index in [2.05, 4.69) is 16.5 Å². The molecule has 0 aliphatic rings. The van der Waals surface area contributed by atoms with E-state index >= 15 is 0 Å². The van der Waals surface area contributed by atoms with Crippen LogP contribution in [0.1, 0.15) is 67.2 Å². The summed E-state index contributed by atoms with van der Waals surface area (Å²) in [6, 6.07) is 0. The Balaban J connectivity index is 4.43. The van der Waals surface area contributed by atoms with Gasteiger partial charge in [-0.05, 0) is 67.2 Å². The van der Waals surface area contributed by atoms with E-state index in [1.54, 1.807) is 12.2 Å². The summed E-state index contributed by atoms with van der Waals surface area (Å²) in [5, 5.41) is 0. The molecule has 2 unspecified atom stereocenters. The quantitative estimate of drug-likeness (QED) is 0.226. The summed E-state index contributed by atoms with van der Waals surface area (Å²) >= 11 is 0. The standard InChI is InChI=1S/C20H36O7P2/c1-17(2)9-7-11-19(5)13-15-25-28(21,22)27-29(23,24)26-16-14-20(6)12-8-10-18(3)4/h9-10,13-14H,7-8,11-12,15-16H2,1-6H3,(H,21,22)(H,23,24). The highest BCUT2D eigenvalue weighted by atomic mass is 31.3. The van der Waals surface area contributed by atoms with Gasteiger partial charge in [0, 0.05) is 0 Å². The van der Waals surface area contributed by atoms with Crippen molar-refractivity contribution in [2.45, 2.75) is 67.2 Å². The third-order valence-corrected chi connectivity index (χ3v) is 6.33. The van der Waals surface area contributed by atoms with Crippen LogP contribution in [0.25, 0.3) is 0 Å². The first-order valence-corrected chi connectivity index (χ1v) is 12.6. The van der Waals surface area contributed by atoms with Crippen LogP contribution in [0, 0.1) is 0 Å². The van der Waals surface area contributed by atoms with E-state index in [9.17, 15) is 18.9 Å². The minimum absolute atomic E-state index is 0.211. The lowest BCUT2D eigenvalue weighted by molar-refractivity contribution is 0.170. The zero-order chi connectivity index (χ0) is 22.5. The molecule has 9 heteroatoms. The van der Waals surface area contributed by atoms with Crippen LogP contribution in [0.4, 0.5) is 0 Å². The average molecular weight is 450 g/mol. The highest BCUT2D eigenvalue weighted by Crippen LogP contribution is 2.60. The maximum absolute atomic E-state index is 11.9. The molecule has 0 aliphatic carbocycles. The molecular weight excluding hydrogens is 414 g/mol. The fraction of sp³-hybridized carbons (Fsp3) is 0.600. The normalized spacial score (nSPS) is 16.7. The van der Waals surface area contributed by atoms with Crippen LogP contribution >= 0.6 is 15.6 Å². The molecule has 0 heterocycles. The van der Waals surface area contributed by atoms with Gasteiger partial charge in [0.1, 0.15) is 0 Å². The lowest BCUT2D eigenvalue weighted by atomic mass is 10.1. The monoisotopic (exact) mass is 450 g/mol. The van der Waals surface area contributed by atoms with Gasteiger partial charge in [-0.15, -0.1) is 0 Å². The molecule has 0 aromatic carbocycles. The molecule has 0 aliphatic heterocycles. The first-order chi connectivity index (χ1) is 13.3. The maximum Gasteiger partial charge on any atom is 0.481 e. The molecule has 168 valence electrons. The predicted molar refractivity (Wildman–Crippen MR) is 117 cm³/mol. The van der Waals surface area contributed by atoms with Crippen molar-refractivity contribution in [1.29, 1.82) is 0 Å². The molecule has 7 nitrogen and oxygen atoms in total. The number of phosphoric ester groups is 2. The molecule has 29 heavy (non-hydrogen) atoms. The van der Waals surface area contributed by atoms with Crippen molar-refractivity contribution in [3.05, 3.63) is 46.6 Å². The maximum atomic E-state index is 11.9. The van der Waals surface area contributed by atoms with Crippen LogP contribution in [-0.4, -0.2) is 23.0 Å². The van der Waals surface area contributed by atoms with Crippen molar-refractivity contribution in [3.8, 4) is 0 Å². The van der Waals surface area contributed by atoms with E-state index in [4.69, 9.17) is 9.05 Å². The van der Waals surface area contributed by atoms with Gasteiger partial charge in [0.25, 0.3) is 0 Å². The van der Waals surface area contributed by atoms with Crippen LogP contribution < -0.4 is 0 Å². The van der Waals surface area contributed by atoms with Crippen LogP contribution in [-0.2, 0) is 22.5 Å². The topological polar surface area (TPSA) is 102 Å². The molecule has 0 radical (unpaired) electrons. The van der Waals surface area contributed by atoms with Crippen molar-refractivity contribution in [2.24, 2.45) is 0 Å². The largest absolute Gasteiger partial charge is 0.481 e. The van der Waals surface area contributed by atoms with Crippen LogP contribution in [0.5, 0.6) is 0 Å². The molecule has 0 spiro atoms. The second-order valence-electron chi connectivity index (χ2n) is 7.35. The van der Waals surface area contributed by atoms with Crippen molar-refractivity contribution < 1.29 is 32.3 Å². The number of rotatable bonds is 14. The van der Waals surface area contributed by atoms with Gasteiger partial charge in [0.15, 0.2) is 0 Å². The van der Waals surface area contributed by atoms with E-state index in [1.165, 1.54) is 11.1 Å². The van der Waals surface area contributed by atoms with Gasteiger partial charge in [0.05, 0.1) is 13.2 Å². The van der Waals surface area contributed by atoms with E-state index in [0.717, 1.165) is 36.8 Å². The van der Waals surface area contributed by atoms with E-state index in [0.29, 0.717) is 0 Å². The van der Waals surface area contributed by atoms with E-state index in [1.807, 2.05) is 41.5 Å². The smallest absolute Gasteiger partial charge is 0.302 e. The summed E-state index contributed by atoms with van der Waals surface area (Å²) < 4.78 is 37.5. The predicted octanol–water partition coefficient (Wildman–Crippen LogP) is 6.62. The van der Waals surface area contributed by atoms with Gasteiger partial charge in [-0.2, -0.15) is 4.31 Å². The summed E-state index contributed by atoms with van der Waals surface area (Å²) in [4.78, 5) is 19.3. The van der Waals surface area contributed by atoms with Gasteiger partial charge in [-0.25, -0.2) is 9.13 Å². The minimum atomic E-state index is -4.73. The Hall–Kier alpha value is -0.780. The SMILES string of the molecule is CC(C)=CCCC(C)=CCOP(=O)(O)OP(=O)(O)OCC=C(C)CCC=C(C)C. The summed E-state index contributed by atoms with van der Waals surface area (Å²) in [6.45, 7) is 11.4. The molecule has 0 bridgehead atoms. The lowest BCUT2D eigenvalue weighted by Crippen LogP contribution is -1.98. The molecule has 0 saturated heterocycles. The molecule has 0 amide bonds. The minimum Gasteiger partial charge on any atom is -0.302 e. The highest BCUT2D eigenvalue weighted by Gasteiger charge is 2.34. The first kappa shape index (κ1) is 28.2. The van der Waals surface area contributed by atoms with Gasteiger partial charge in [0.2, 0.25) is 0 Å². The Labute approximate surface area is 175 Å². The van der Waals surface area contributed by atoms with Gasteiger partial charge in [-0.3, -0.25) is 9.05 Å². The van der Waals surface area contributed by atoms with Crippen LogP contribution in [0.3, 0.4) is 0 Å². The highest BCUT2D eigenvalue weighted by molar-refractivity contribution is 7.61. The van der Waals surface area contributed by atoms with Crippen molar-refractivity contribution in [2.75, 3.05) is 13.2 Å². The molecule has 0 aromatic rings. The third kappa shape index (κ3) is 17.8. The Morgan fingerprint density at radius 3 is 1.34 bits per heavy atom. The van der Waals surface area contributed by atoms with Crippen molar-refractivity contribution in [1.82, 2.24) is 0 Å². The van der Waals surface area contributed by atoms with Gasteiger partial charge >= 0.3 is 15.6 Å². The fourth-order valence-corrected chi connectivity index (χ4v) is 4.05. The van der Waals surface area contributed by atoms with Crippen molar-refractivity contribution >= 4 is 15.6 Å². The van der Waals surface area contributed by atoms with Gasteiger partial charge < -0.3 is 9.79 Å². The zero-order valence-electron chi connectivity index (χ0n) is 18.4. The Morgan fingerprint density at radius 2 is 1.03 bits per heavy atom. The third-order valence-electron chi connectivity index (χ3n) is 3.73. The molecule has 0 saturated carbocycles.